The van der Waals surface area contributed by atoms with Gasteiger partial charge >= 0.3 is 0 Å². The molecule has 5 nitrogen and oxygen atoms in total. The Morgan fingerprint density at radius 1 is 1.08 bits per heavy atom. The first-order valence-electron chi connectivity index (χ1n) is 8.34. The molecule has 138 valence electrons. The lowest BCUT2D eigenvalue weighted by molar-refractivity contribution is -0.129. The Morgan fingerprint density at radius 3 is 2.35 bits per heavy atom. The number of nitrogens with one attached hydrogen (secondary N) is 2. The maximum absolute atomic E-state index is 12.2. The smallest absolute Gasteiger partial charge is 0.261 e. The zero-order chi connectivity index (χ0) is 19.3. The van der Waals surface area contributed by atoms with E-state index in [2.05, 4.69) is 10.6 Å². The fraction of sp³-hybridized carbons (Fsp3) is 0.300. The monoisotopic (exact) mass is 374 g/mol. The summed E-state index contributed by atoms with van der Waals surface area (Å²) in [6, 6.07) is 11.0. The van der Waals surface area contributed by atoms with E-state index in [4.69, 9.17) is 16.3 Å². The van der Waals surface area contributed by atoms with Crippen molar-refractivity contribution >= 4 is 29.1 Å². The standard InChI is InChI=1S/C20H23ClN2O3/c1-12-6-5-7-13(2)19(12)23-18(24)11-22-20(25)15(4)26-17-9-8-16(21)10-14(17)3/h5-10,15H,11H2,1-4H3,(H,22,25)(H,23,24)/t15-/m1/s1. The normalized spacial score (nSPS) is 11.6. The molecule has 2 rings (SSSR count). The molecule has 0 spiro atoms. The molecule has 0 bridgehead atoms. The lowest BCUT2D eigenvalue weighted by Crippen LogP contribution is -2.40. The molecule has 0 aliphatic rings. The van der Waals surface area contributed by atoms with Crippen molar-refractivity contribution in [1.29, 1.82) is 0 Å². The van der Waals surface area contributed by atoms with Crippen LogP contribution in [0.15, 0.2) is 36.4 Å². The van der Waals surface area contributed by atoms with E-state index in [0.29, 0.717) is 10.8 Å². The molecule has 2 aromatic rings. The van der Waals surface area contributed by atoms with Crippen LogP contribution < -0.4 is 15.4 Å². The maximum atomic E-state index is 12.2. The molecule has 0 aliphatic carbocycles. The maximum Gasteiger partial charge on any atom is 0.261 e. The molecular weight excluding hydrogens is 352 g/mol. The van der Waals surface area contributed by atoms with Gasteiger partial charge in [0.15, 0.2) is 6.10 Å². The summed E-state index contributed by atoms with van der Waals surface area (Å²) in [5.74, 6) is -0.0707. The zero-order valence-corrected chi connectivity index (χ0v) is 16.1. The Bertz CT molecular complexity index is 800. The molecule has 0 unspecified atom stereocenters. The molecule has 0 saturated carbocycles. The van der Waals surface area contributed by atoms with Gasteiger partial charge < -0.3 is 15.4 Å². The van der Waals surface area contributed by atoms with Gasteiger partial charge in [-0.05, 0) is 62.6 Å². The molecule has 0 aromatic heterocycles. The molecule has 1 atom stereocenters. The minimum atomic E-state index is -0.733. The van der Waals surface area contributed by atoms with Crippen LogP contribution in [0.2, 0.25) is 5.02 Å². The molecule has 2 aromatic carbocycles. The second-order valence-electron chi connectivity index (χ2n) is 6.20. The summed E-state index contributed by atoms with van der Waals surface area (Å²) in [6.07, 6.45) is -0.733. The number of rotatable bonds is 6. The summed E-state index contributed by atoms with van der Waals surface area (Å²) in [6.45, 7) is 7.20. The van der Waals surface area contributed by atoms with Gasteiger partial charge in [0.2, 0.25) is 5.91 Å². The van der Waals surface area contributed by atoms with Crippen LogP contribution in [0, 0.1) is 20.8 Å². The fourth-order valence-electron chi connectivity index (χ4n) is 2.50. The third kappa shape index (κ3) is 5.23. The van der Waals surface area contributed by atoms with Gasteiger partial charge in [0, 0.05) is 10.7 Å². The van der Waals surface area contributed by atoms with E-state index in [1.165, 1.54) is 0 Å². The van der Waals surface area contributed by atoms with E-state index in [-0.39, 0.29) is 18.4 Å². The van der Waals surface area contributed by atoms with Crippen molar-refractivity contribution in [2.24, 2.45) is 0 Å². The molecule has 2 N–H and O–H groups in total. The number of halogens is 1. The highest BCUT2D eigenvalue weighted by Gasteiger charge is 2.17. The summed E-state index contributed by atoms with van der Waals surface area (Å²) >= 11 is 5.91. The van der Waals surface area contributed by atoms with Gasteiger partial charge in [-0.15, -0.1) is 0 Å². The molecule has 0 saturated heterocycles. The van der Waals surface area contributed by atoms with Crippen LogP contribution in [0.3, 0.4) is 0 Å². The summed E-state index contributed by atoms with van der Waals surface area (Å²) in [4.78, 5) is 24.3. The van der Waals surface area contributed by atoms with Crippen molar-refractivity contribution in [1.82, 2.24) is 5.32 Å². The first kappa shape index (κ1) is 19.8. The van der Waals surface area contributed by atoms with Crippen molar-refractivity contribution < 1.29 is 14.3 Å². The summed E-state index contributed by atoms with van der Waals surface area (Å²) in [5, 5.41) is 6.03. The average molecular weight is 375 g/mol. The van der Waals surface area contributed by atoms with Crippen LogP contribution in [0.25, 0.3) is 0 Å². The number of amides is 2. The minimum absolute atomic E-state index is 0.125. The predicted octanol–water partition coefficient (Wildman–Crippen LogP) is 3.79. The quantitative estimate of drug-likeness (QED) is 0.808. The third-order valence-electron chi connectivity index (χ3n) is 3.98. The van der Waals surface area contributed by atoms with Gasteiger partial charge in [-0.3, -0.25) is 9.59 Å². The van der Waals surface area contributed by atoms with Crippen LogP contribution in [0.4, 0.5) is 5.69 Å². The van der Waals surface area contributed by atoms with E-state index < -0.39 is 6.10 Å². The van der Waals surface area contributed by atoms with Gasteiger partial charge in [-0.25, -0.2) is 0 Å². The van der Waals surface area contributed by atoms with Gasteiger partial charge in [0.25, 0.3) is 5.91 Å². The topological polar surface area (TPSA) is 67.4 Å². The first-order valence-corrected chi connectivity index (χ1v) is 8.72. The Hall–Kier alpha value is -2.53. The molecule has 0 heterocycles. The van der Waals surface area contributed by atoms with Crippen molar-refractivity contribution in [3.05, 3.63) is 58.1 Å². The van der Waals surface area contributed by atoms with Crippen LogP contribution in [0.1, 0.15) is 23.6 Å². The average Bonchev–Trinajstić information content (AvgIpc) is 2.58. The van der Waals surface area contributed by atoms with E-state index in [1.807, 2.05) is 39.0 Å². The number of ether oxygens (including phenoxy) is 1. The molecule has 2 amide bonds. The SMILES string of the molecule is Cc1cc(Cl)ccc1O[C@H](C)C(=O)NCC(=O)Nc1c(C)cccc1C. The first-order chi connectivity index (χ1) is 12.3. The number of anilines is 1. The third-order valence-corrected chi connectivity index (χ3v) is 4.21. The van der Waals surface area contributed by atoms with Crippen LogP contribution in [-0.2, 0) is 9.59 Å². The Kier molecular flexibility index (Phi) is 6.64. The molecule has 26 heavy (non-hydrogen) atoms. The number of benzene rings is 2. The van der Waals surface area contributed by atoms with Crippen molar-refractivity contribution in [2.75, 3.05) is 11.9 Å². The van der Waals surface area contributed by atoms with E-state index in [9.17, 15) is 9.59 Å². The van der Waals surface area contributed by atoms with Crippen LogP contribution >= 0.6 is 11.6 Å². The Labute approximate surface area is 158 Å². The molecule has 0 fully saturated rings. The summed E-state index contributed by atoms with van der Waals surface area (Å²) in [7, 11) is 0. The lowest BCUT2D eigenvalue weighted by Gasteiger charge is -2.17. The van der Waals surface area contributed by atoms with Crippen molar-refractivity contribution in [3.63, 3.8) is 0 Å². The highest BCUT2D eigenvalue weighted by molar-refractivity contribution is 6.30. The Balaban J connectivity index is 1.88. The van der Waals surface area contributed by atoms with Crippen molar-refractivity contribution in [3.8, 4) is 5.75 Å². The molecular formula is C20H23ClN2O3. The highest BCUT2D eigenvalue weighted by atomic mass is 35.5. The van der Waals surface area contributed by atoms with E-state index in [1.54, 1.807) is 25.1 Å². The Morgan fingerprint density at radius 2 is 1.73 bits per heavy atom. The number of carbonyl (C=O) groups excluding carboxylic acids is 2. The lowest BCUT2D eigenvalue weighted by atomic mass is 10.1. The summed E-state index contributed by atoms with van der Waals surface area (Å²) in [5.41, 5.74) is 3.55. The number of hydrogen-bond acceptors (Lipinski definition) is 3. The molecule has 0 radical (unpaired) electrons. The van der Waals surface area contributed by atoms with Gasteiger partial charge in [0.1, 0.15) is 5.75 Å². The highest BCUT2D eigenvalue weighted by Crippen LogP contribution is 2.23. The second-order valence-corrected chi connectivity index (χ2v) is 6.64. The van der Waals surface area contributed by atoms with Crippen molar-refractivity contribution in [2.45, 2.75) is 33.8 Å². The van der Waals surface area contributed by atoms with Gasteiger partial charge in [-0.1, -0.05) is 29.8 Å². The zero-order valence-electron chi connectivity index (χ0n) is 15.4. The number of hydrogen-bond donors (Lipinski definition) is 2. The van der Waals surface area contributed by atoms with Gasteiger partial charge in [-0.2, -0.15) is 0 Å². The predicted molar refractivity (Wildman–Crippen MR) is 104 cm³/mol. The largest absolute Gasteiger partial charge is 0.481 e. The van der Waals surface area contributed by atoms with Crippen LogP contribution in [-0.4, -0.2) is 24.5 Å². The number of carbonyl (C=O) groups is 2. The molecule has 0 aliphatic heterocycles. The second kappa shape index (κ2) is 8.72. The molecule has 6 heteroatoms. The van der Waals surface area contributed by atoms with Gasteiger partial charge in [0.05, 0.1) is 6.54 Å². The summed E-state index contributed by atoms with van der Waals surface area (Å²) < 4.78 is 5.65. The van der Waals surface area contributed by atoms with Crippen LogP contribution in [0.5, 0.6) is 5.75 Å². The van der Waals surface area contributed by atoms with E-state index in [0.717, 1.165) is 22.4 Å². The van der Waals surface area contributed by atoms with E-state index >= 15 is 0 Å². The number of para-hydroxylation sites is 1. The fourth-order valence-corrected chi connectivity index (χ4v) is 2.72. The minimum Gasteiger partial charge on any atom is -0.481 e. The number of aryl methyl sites for hydroxylation is 3.